The molecule has 2 N–H and O–H groups in total. The number of anilines is 1. The molecule has 1 aromatic heterocycles. The van der Waals surface area contributed by atoms with E-state index < -0.39 is 0 Å². The zero-order valence-electron chi connectivity index (χ0n) is 13.3. The van der Waals surface area contributed by atoms with Crippen LogP contribution in [0.3, 0.4) is 0 Å². The van der Waals surface area contributed by atoms with Crippen LogP contribution in [-0.4, -0.2) is 43.6 Å². The maximum Gasteiger partial charge on any atom is 0.128 e. The molecule has 2 rings (SSSR count). The van der Waals surface area contributed by atoms with E-state index in [2.05, 4.69) is 49.9 Å². The Hall–Kier alpha value is -1.13. The number of hydrogen-bond acceptors (Lipinski definition) is 4. The summed E-state index contributed by atoms with van der Waals surface area (Å²) < 4.78 is 0. The maximum absolute atomic E-state index is 5.82. The Labute approximate surface area is 123 Å². The number of likely N-dealkylation sites (tertiary alicyclic amines) is 1. The minimum Gasteiger partial charge on any atom is -0.359 e. The molecule has 1 aliphatic heterocycles. The summed E-state index contributed by atoms with van der Waals surface area (Å²) in [6, 6.07) is 4.26. The van der Waals surface area contributed by atoms with Crippen LogP contribution in [0, 0.1) is 5.92 Å². The molecule has 0 bridgehead atoms. The Bertz CT molecular complexity index is 444. The van der Waals surface area contributed by atoms with E-state index in [-0.39, 0.29) is 0 Å². The van der Waals surface area contributed by atoms with Gasteiger partial charge in [0.25, 0.3) is 0 Å². The smallest absolute Gasteiger partial charge is 0.128 e. The summed E-state index contributed by atoms with van der Waals surface area (Å²) in [4.78, 5) is 9.49. The molecule has 1 aliphatic rings. The normalized spacial score (nSPS) is 19.8. The van der Waals surface area contributed by atoms with Crippen LogP contribution in [0.1, 0.15) is 37.4 Å². The third kappa shape index (κ3) is 3.70. The van der Waals surface area contributed by atoms with Gasteiger partial charge >= 0.3 is 0 Å². The highest BCUT2D eigenvalue weighted by Gasteiger charge is 2.21. The lowest BCUT2D eigenvalue weighted by Crippen LogP contribution is -2.28. The van der Waals surface area contributed by atoms with Crippen molar-refractivity contribution in [1.82, 2.24) is 9.88 Å². The molecule has 2 heterocycles. The molecule has 0 spiro atoms. The van der Waals surface area contributed by atoms with E-state index >= 15 is 0 Å². The minimum atomic E-state index is 0.436. The van der Waals surface area contributed by atoms with Crippen LogP contribution in [0.4, 0.5) is 5.82 Å². The Balaban J connectivity index is 2.11. The highest BCUT2D eigenvalue weighted by Crippen LogP contribution is 2.22. The zero-order chi connectivity index (χ0) is 14.7. The summed E-state index contributed by atoms with van der Waals surface area (Å²) in [5, 5.41) is 0. The first kappa shape index (κ1) is 15.3. The van der Waals surface area contributed by atoms with Gasteiger partial charge in [-0.3, -0.25) is 0 Å². The van der Waals surface area contributed by atoms with Crippen LogP contribution in [0.15, 0.2) is 12.1 Å². The van der Waals surface area contributed by atoms with Crippen molar-refractivity contribution in [2.45, 2.75) is 32.7 Å². The lowest BCUT2D eigenvalue weighted by atomic mass is 10.1. The van der Waals surface area contributed by atoms with Gasteiger partial charge in [0.1, 0.15) is 5.82 Å². The molecule has 1 aromatic rings. The standard InChI is InChI=1S/C16H28N4/c1-12(2)15-7-14(9-17)8-16(18-15)20(4)11-13-5-6-19(3)10-13/h7-8,12-13H,5-6,9-11,17H2,1-4H3. The molecule has 0 amide bonds. The number of nitrogens with two attached hydrogens (primary N) is 1. The van der Waals surface area contributed by atoms with Crippen molar-refractivity contribution in [2.24, 2.45) is 11.7 Å². The van der Waals surface area contributed by atoms with Crippen molar-refractivity contribution in [1.29, 1.82) is 0 Å². The number of nitrogens with zero attached hydrogens (tertiary/aromatic N) is 3. The van der Waals surface area contributed by atoms with Gasteiger partial charge in [0, 0.05) is 32.4 Å². The Morgan fingerprint density at radius 3 is 2.75 bits per heavy atom. The first-order valence-corrected chi connectivity index (χ1v) is 7.60. The molecule has 4 heteroatoms. The molecule has 0 saturated carbocycles. The quantitative estimate of drug-likeness (QED) is 0.894. The fourth-order valence-corrected chi connectivity index (χ4v) is 2.86. The first-order chi connectivity index (χ1) is 9.49. The van der Waals surface area contributed by atoms with E-state index in [1.807, 2.05) is 0 Å². The number of rotatable bonds is 5. The van der Waals surface area contributed by atoms with Crippen LogP contribution in [0.2, 0.25) is 0 Å². The summed E-state index contributed by atoms with van der Waals surface area (Å²) in [5.74, 6) is 2.24. The second kappa shape index (κ2) is 6.55. The highest BCUT2D eigenvalue weighted by atomic mass is 15.2. The van der Waals surface area contributed by atoms with E-state index in [1.165, 1.54) is 25.1 Å². The Morgan fingerprint density at radius 2 is 2.20 bits per heavy atom. The van der Waals surface area contributed by atoms with E-state index in [0.29, 0.717) is 12.5 Å². The molecule has 112 valence electrons. The Kier molecular flexibility index (Phi) is 5.00. The zero-order valence-corrected chi connectivity index (χ0v) is 13.3. The van der Waals surface area contributed by atoms with Crippen LogP contribution < -0.4 is 10.6 Å². The van der Waals surface area contributed by atoms with Gasteiger partial charge in [0.05, 0.1) is 0 Å². The Morgan fingerprint density at radius 1 is 1.45 bits per heavy atom. The van der Waals surface area contributed by atoms with Gasteiger partial charge in [-0.1, -0.05) is 13.8 Å². The first-order valence-electron chi connectivity index (χ1n) is 7.60. The van der Waals surface area contributed by atoms with Crippen molar-refractivity contribution >= 4 is 5.82 Å². The number of aromatic nitrogens is 1. The molecule has 0 radical (unpaired) electrons. The van der Waals surface area contributed by atoms with Gasteiger partial charge in [-0.25, -0.2) is 4.98 Å². The number of hydrogen-bond donors (Lipinski definition) is 1. The van der Waals surface area contributed by atoms with Crippen molar-refractivity contribution in [3.05, 3.63) is 23.4 Å². The van der Waals surface area contributed by atoms with E-state index in [9.17, 15) is 0 Å². The molecule has 1 saturated heterocycles. The lowest BCUT2D eigenvalue weighted by Gasteiger charge is -2.23. The molecular formula is C16H28N4. The van der Waals surface area contributed by atoms with Crippen molar-refractivity contribution < 1.29 is 0 Å². The fraction of sp³-hybridized carbons (Fsp3) is 0.688. The van der Waals surface area contributed by atoms with Crippen molar-refractivity contribution in [3.8, 4) is 0 Å². The van der Waals surface area contributed by atoms with Crippen LogP contribution >= 0.6 is 0 Å². The predicted molar refractivity (Wildman–Crippen MR) is 85.1 cm³/mol. The average Bonchev–Trinajstić information content (AvgIpc) is 2.83. The summed E-state index contributed by atoms with van der Waals surface area (Å²) in [7, 11) is 4.34. The molecular weight excluding hydrogens is 248 g/mol. The van der Waals surface area contributed by atoms with Gasteiger partial charge in [0.2, 0.25) is 0 Å². The van der Waals surface area contributed by atoms with E-state index in [1.54, 1.807) is 0 Å². The van der Waals surface area contributed by atoms with Gasteiger partial charge in [-0.2, -0.15) is 0 Å². The van der Waals surface area contributed by atoms with Gasteiger partial charge in [-0.15, -0.1) is 0 Å². The predicted octanol–water partition coefficient (Wildman–Crippen LogP) is 2.05. The SMILES string of the molecule is CC(C)c1cc(CN)cc(N(C)CC2CCN(C)C2)n1. The summed E-state index contributed by atoms with van der Waals surface area (Å²) in [6.45, 7) is 8.42. The van der Waals surface area contributed by atoms with Crippen LogP contribution in [0.5, 0.6) is 0 Å². The summed E-state index contributed by atoms with van der Waals surface area (Å²) in [6.07, 6.45) is 1.29. The van der Waals surface area contributed by atoms with Crippen LogP contribution in [-0.2, 0) is 6.54 Å². The molecule has 0 aliphatic carbocycles. The minimum absolute atomic E-state index is 0.436. The van der Waals surface area contributed by atoms with Crippen LogP contribution in [0.25, 0.3) is 0 Å². The summed E-state index contributed by atoms with van der Waals surface area (Å²) in [5.41, 5.74) is 8.13. The van der Waals surface area contributed by atoms with Gasteiger partial charge in [0.15, 0.2) is 0 Å². The van der Waals surface area contributed by atoms with Crippen molar-refractivity contribution in [2.75, 3.05) is 38.6 Å². The number of pyridine rings is 1. The molecule has 1 fully saturated rings. The third-order valence-electron chi connectivity index (χ3n) is 4.13. The summed E-state index contributed by atoms with van der Waals surface area (Å²) >= 11 is 0. The van der Waals surface area contributed by atoms with Crippen molar-refractivity contribution in [3.63, 3.8) is 0 Å². The van der Waals surface area contributed by atoms with Gasteiger partial charge < -0.3 is 15.5 Å². The van der Waals surface area contributed by atoms with E-state index in [0.717, 1.165) is 24.0 Å². The second-order valence-electron chi connectivity index (χ2n) is 6.41. The molecule has 1 atom stereocenters. The topological polar surface area (TPSA) is 45.4 Å². The van der Waals surface area contributed by atoms with Gasteiger partial charge in [-0.05, 0) is 49.5 Å². The lowest BCUT2D eigenvalue weighted by molar-refractivity contribution is 0.395. The molecule has 1 unspecified atom stereocenters. The molecule has 20 heavy (non-hydrogen) atoms. The largest absolute Gasteiger partial charge is 0.359 e. The monoisotopic (exact) mass is 276 g/mol. The third-order valence-corrected chi connectivity index (χ3v) is 4.13. The molecule has 0 aromatic carbocycles. The fourth-order valence-electron chi connectivity index (χ4n) is 2.86. The molecule has 4 nitrogen and oxygen atoms in total. The average molecular weight is 276 g/mol. The maximum atomic E-state index is 5.82. The van der Waals surface area contributed by atoms with E-state index in [4.69, 9.17) is 10.7 Å². The second-order valence-corrected chi connectivity index (χ2v) is 6.41. The highest BCUT2D eigenvalue weighted by molar-refractivity contribution is 5.42.